The van der Waals surface area contributed by atoms with Gasteiger partial charge in [-0.25, -0.2) is 4.68 Å². The van der Waals surface area contributed by atoms with Gasteiger partial charge in [0.15, 0.2) is 0 Å². The lowest BCUT2D eigenvalue weighted by Crippen LogP contribution is -1.95. The highest BCUT2D eigenvalue weighted by Crippen LogP contribution is 2.14. The van der Waals surface area contributed by atoms with E-state index in [1.807, 2.05) is 41.2 Å². The van der Waals surface area contributed by atoms with Crippen molar-refractivity contribution in [2.75, 3.05) is 0 Å². The van der Waals surface area contributed by atoms with E-state index in [1.54, 1.807) is 0 Å². The fourth-order valence-corrected chi connectivity index (χ4v) is 1.50. The maximum Gasteiger partial charge on any atom is 0.290 e. The first-order chi connectivity index (χ1) is 8.21. The van der Waals surface area contributed by atoms with Crippen molar-refractivity contribution in [3.8, 4) is 5.69 Å². The van der Waals surface area contributed by atoms with Crippen LogP contribution in [0.15, 0.2) is 36.5 Å². The summed E-state index contributed by atoms with van der Waals surface area (Å²) in [5, 5.41) is 12.0. The Kier molecular flexibility index (Phi) is 5.23. The number of benzene rings is 1. The van der Waals surface area contributed by atoms with Gasteiger partial charge >= 0.3 is 0 Å². The average molecular weight is 253 g/mol. The van der Waals surface area contributed by atoms with Gasteiger partial charge in [0.05, 0.1) is 11.4 Å². The van der Waals surface area contributed by atoms with Gasteiger partial charge in [-0.1, -0.05) is 24.6 Å². The third kappa shape index (κ3) is 3.92. The zero-order valence-corrected chi connectivity index (χ0v) is 10.1. The molecule has 0 aliphatic carbocycles. The number of rotatable bonds is 2. The van der Waals surface area contributed by atoms with Crippen LogP contribution in [0, 0.1) is 0 Å². The molecule has 0 amide bonds. The second-order valence-corrected chi connectivity index (χ2v) is 3.63. The second-order valence-electron chi connectivity index (χ2n) is 3.19. The fourth-order valence-electron chi connectivity index (χ4n) is 1.31. The summed E-state index contributed by atoms with van der Waals surface area (Å²) in [7, 11) is 0. The minimum Gasteiger partial charge on any atom is -0.483 e. The van der Waals surface area contributed by atoms with Gasteiger partial charge in [-0.2, -0.15) is 5.10 Å². The number of halogens is 1. The van der Waals surface area contributed by atoms with Crippen molar-refractivity contribution in [1.82, 2.24) is 9.78 Å². The van der Waals surface area contributed by atoms with Crippen molar-refractivity contribution in [3.05, 3.63) is 47.2 Å². The smallest absolute Gasteiger partial charge is 0.290 e. The molecule has 5 heteroatoms. The van der Waals surface area contributed by atoms with Gasteiger partial charge < -0.3 is 5.11 Å². The summed E-state index contributed by atoms with van der Waals surface area (Å²) in [5.41, 5.74) is 2.09. The number of aromatic nitrogens is 2. The number of nitrogens with zero attached hydrogens (tertiary/aromatic N) is 2. The number of carbonyl (C=O) groups is 1. The van der Waals surface area contributed by atoms with E-state index in [1.165, 1.54) is 0 Å². The summed E-state index contributed by atoms with van der Waals surface area (Å²) in [4.78, 5) is 8.36. The van der Waals surface area contributed by atoms with Crippen LogP contribution >= 0.6 is 11.6 Å². The molecule has 0 saturated heterocycles. The Balaban J connectivity index is 0.000000437. The summed E-state index contributed by atoms with van der Waals surface area (Å²) in [6.45, 7) is 1.84. The Labute approximate surface area is 104 Å². The predicted molar refractivity (Wildman–Crippen MR) is 66.6 cm³/mol. The molecule has 0 aliphatic heterocycles. The van der Waals surface area contributed by atoms with Crippen LogP contribution in [0.1, 0.15) is 12.6 Å². The summed E-state index contributed by atoms with van der Waals surface area (Å²) in [6.07, 6.45) is 2.90. The first kappa shape index (κ1) is 13.3. The lowest BCUT2D eigenvalue weighted by molar-refractivity contribution is -0.122. The predicted octanol–water partition coefficient (Wildman–Crippen LogP) is 2.79. The lowest BCUT2D eigenvalue weighted by Gasteiger charge is -2.00. The third-order valence-electron chi connectivity index (χ3n) is 2.08. The molecule has 0 aliphatic rings. The van der Waals surface area contributed by atoms with Gasteiger partial charge in [0.25, 0.3) is 6.47 Å². The zero-order valence-electron chi connectivity index (χ0n) is 9.38. The van der Waals surface area contributed by atoms with E-state index in [0.29, 0.717) is 0 Å². The molecule has 0 saturated carbocycles. The molecule has 0 spiro atoms. The number of hydrogen-bond donors (Lipinski definition) is 1. The summed E-state index contributed by atoms with van der Waals surface area (Å²) < 4.78 is 1.84. The molecule has 90 valence electrons. The largest absolute Gasteiger partial charge is 0.483 e. The van der Waals surface area contributed by atoms with Gasteiger partial charge in [0, 0.05) is 11.2 Å². The van der Waals surface area contributed by atoms with Crippen LogP contribution in [-0.4, -0.2) is 21.4 Å². The van der Waals surface area contributed by atoms with Crippen LogP contribution in [-0.2, 0) is 11.2 Å². The Hall–Kier alpha value is -1.81. The van der Waals surface area contributed by atoms with Crippen molar-refractivity contribution in [2.45, 2.75) is 13.3 Å². The van der Waals surface area contributed by atoms with E-state index in [4.69, 9.17) is 21.5 Å². The van der Waals surface area contributed by atoms with Crippen LogP contribution in [0.5, 0.6) is 0 Å². The molecule has 0 unspecified atom stereocenters. The first-order valence-corrected chi connectivity index (χ1v) is 5.47. The SMILES string of the molecule is CCc1ccn(-c2cccc(Cl)c2)n1.O=CO. The van der Waals surface area contributed by atoms with Gasteiger partial charge in [-0.05, 0) is 30.7 Å². The van der Waals surface area contributed by atoms with E-state index < -0.39 is 0 Å². The van der Waals surface area contributed by atoms with Gasteiger partial charge in [-0.3, -0.25) is 4.79 Å². The molecule has 0 atom stereocenters. The average Bonchev–Trinajstić information content (AvgIpc) is 2.78. The van der Waals surface area contributed by atoms with Crippen molar-refractivity contribution < 1.29 is 9.90 Å². The molecule has 2 rings (SSSR count). The van der Waals surface area contributed by atoms with Gasteiger partial charge in [0.1, 0.15) is 0 Å². The van der Waals surface area contributed by atoms with E-state index in [2.05, 4.69) is 12.0 Å². The molecule has 2 aromatic rings. The molecule has 1 N–H and O–H groups in total. The van der Waals surface area contributed by atoms with Crippen molar-refractivity contribution in [2.24, 2.45) is 0 Å². The highest BCUT2D eigenvalue weighted by atomic mass is 35.5. The highest BCUT2D eigenvalue weighted by molar-refractivity contribution is 6.30. The van der Waals surface area contributed by atoms with E-state index in [-0.39, 0.29) is 6.47 Å². The number of carboxylic acid groups (broad SMARTS) is 1. The van der Waals surface area contributed by atoms with E-state index in [0.717, 1.165) is 22.8 Å². The van der Waals surface area contributed by atoms with Crippen LogP contribution < -0.4 is 0 Å². The first-order valence-electron chi connectivity index (χ1n) is 5.09. The van der Waals surface area contributed by atoms with Crippen LogP contribution in [0.4, 0.5) is 0 Å². The molecule has 1 aromatic heterocycles. The summed E-state index contributed by atoms with van der Waals surface area (Å²) in [5.74, 6) is 0. The molecular weight excluding hydrogens is 240 g/mol. The highest BCUT2D eigenvalue weighted by Gasteiger charge is 1.99. The Morgan fingerprint density at radius 3 is 2.71 bits per heavy atom. The van der Waals surface area contributed by atoms with Crippen molar-refractivity contribution in [1.29, 1.82) is 0 Å². The minimum absolute atomic E-state index is 0.250. The fraction of sp³-hybridized carbons (Fsp3) is 0.167. The maximum atomic E-state index is 8.36. The molecule has 0 bridgehead atoms. The van der Waals surface area contributed by atoms with E-state index in [9.17, 15) is 0 Å². The normalized spacial score (nSPS) is 9.29. The summed E-state index contributed by atoms with van der Waals surface area (Å²) >= 11 is 5.89. The Morgan fingerprint density at radius 2 is 2.18 bits per heavy atom. The molecule has 4 nitrogen and oxygen atoms in total. The molecule has 0 radical (unpaired) electrons. The molecule has 1 aromatic carbocycles. The molecule has 0 fully saturated rings. The molecule has 17 heavy (non-hydrogen) atoms. The van der Waals surface area contributed by atoms with Crippen LogP contribution in [0.3, 0.4) is 0 Å². The zero-order chi connectivity index (χ0) is 12.7. The van der Waals surface area contributed by atoms with Gasteiger partial charge in [0.2, 0.25) is 0 Å². The second kappa shape index (κ2) is 6.70. The van der Waals surface area contributed by atoms with E-state index >= 15 is 0 Å². The Morgan fingerprint density at radius 1 is 1.47 bits per heavy atom. The lowest BCUT2D eigenvalue weighted by atomic mass is 10.3. The van der Waals surface area contributed by atoms with Crippen LogP contribution in [0.2, 0.25) is 5.02 Å². The summed E-state index contributed by atoms with van der Waals surface area (Å²) in [6, 6.07) is 9.67. The van der Waals surface area contributed by atoms with Crippen LogP contribution in [0.25, 0.3) is 5.69 Å². The number of aryl methyl sites for hydroxylation is 1. The maximum absolute atomic E-state index is 8.36. The number of hydrogen-bond acceptors (Lipinski definition) is 2. The monoisotopic (exact) mass is 252 g/mol. The quantitative estimate of drug-likeness (QED) is 0.837. The molecule has 1 heterocycles. The standard InChI is InChI=1S/C11H11ClN2.CH2O2/c1-2-10-6-7-14(13-10)11-5-3-4-9(12)8-11;2-1-3/h3-8H,2H2,1H3;1H,(H,2,3). The third-order valence-corrected chi connectivity index (χ3v) is 2.31. The Bertz CT molecular complexity index is 483. The topological polar surface area (TPSA) is 55.1 Å². The molecular formula is C12H13ClN2O2. The van der Waals surface area contributed by atoms with Crippen molar-refractivity contribution >= 4 is 18.1 Å². The van der Waals surface area contributed by atoms with Crippen molar-refractivity contribution in [3.63, 3.8) is 0 Å². The van der Waals surface area contributed by atoms with Gasteiger partial charge in [-0.15, -0.1) is 0 Å². The minimum atomic E-state index is -0.250.